The molecule has 0 atom stereocenters. The predicted molar refractivity (Wildman–Crippen MR) is 125 cm³/mol. The number of nitrogens with one attached hydrogen (secondary N) is 1. The highest BCUT2D eigenvalue weighted by molar-refractivity contribution is 7.92. The minimum Gasteiger partial charge on any atom is -0.486 e. The summed E-state index contributed by atoms with van der Waals surface area (Å²) in [5.41, 5.74) is 2.77. The van der Waals surface area contributed by atoms with Crippen LogP contribution in [0.4, 0.5) is 11.4 Å². The third-order valence-corrected chi connectivity index (χ3v) is 6.83. The van der Waals surface area contributed by atoms with Crippen molar-refractivity contribution in [3.05, 3.63) is 72.8 Å². The van der Waals surface area contributed by atoms with Crippen molar-refractivity contribution >= 4 is 27.3 Å². The molecule has 0 saturated carbocycles. The van der Waals surface area contributed by atoms with E-state index in [1.54, 1.807) is 31.2 Å². The van der Waals surface area contributed by atoms with E-state index in [2.05, 4.69) is 5.32 Å². The SMILES string of the molecule is CCS(=O)(=O)N(CC(=O)Nc1ccccc1-c1ccccc1)c1ccc2c(c1)OCCO2. The number of fused-ring (bicyclic) bond motifs is 1. The Morgan fingerprint density at radius 1 is 0.938 bits per heavy atom. The number of amides is 1. The molecule has 0 aromatic heterocycles. The van der Waals surface area contributed by atoms with E-state index in [-0.39, 0.29) is 12.3 Å². The first-order valence-electron chi connectivity index (χ1n) is 10.3. The second kappa shape index (κ2) is 9.32. The Bertz CT molecular complexity index is 1210. The lowest BCUT2D eigenvalue weighted by molar-refractivity contribution is -0.114. The quantitative estimate of drug-likeness (QED) is 0.587. The van der Waals surface area contributed by atoms with Gasteiger partial charge in [-0.2, -0.15) is 0 Å². The van der Waals surface area contributed by atoms with Crippen molar-refractivity contribution in [2.75, 3.05) is 35.1 Å². The van der Waals surface area contributed by atoms with Gasteiger partial charge in [0.15, 0.2) is 11.5 Å². The summed E-state index contributed by atoms with van der Waals surface area (Å²) in [6, 6.07) is 22.0. The summed E-state index contributed by atoms with van der Waals surface area (Å²) in [4.78, 5) is 13.0. The van der Waals surface area contributed by atoms with E-state index in [4.69, 9.17) is 9.47 Å². The summed E-state index contributed by atoms with van der Waals surface area (Å²) in [6.07, 6.45) is 0. The van der Waals surface area contributed by atoms with Crippen molar-refractivity contribution in [3.8, 4) is 22.6 Å². The molecule has 0 fully saturated rings. The second-order valence-corrected chi connectivity index (χ2v) is 9.38. The fraction of sp³-hybridized carbons (Fsp3) is 0.208. The molecule has 0 spiro atoms. The van der Waals surface area contributed by atoms with E-state index in [0.29, 0.717) is 36.1 Å². The smallest absolute Gasteiger partial charge is 0.245 e. The Morgan fingerprint density at radius 3 is 2.38 bits per heavy atom. The number of carbonyl (C=O) groups excluding carboxylic acids is 1. The Balaban J connectivity index is 1.60. The number of para-hydroxylation sites is 1. The van der Waals surface area contributed by atoms with Crippen LogP contribution in [0.5, 0.6) is 11.5 Å². The van der Waals surface area contributed by atoms with E-state index < -0.39 is 15.9 Å². The first kappa shape index (κ1) is 21.7. The summed E-state index contributed by atoms with van der Waals surface area (Å²) in [5.74, 6) is 0.422. The van der Waals surface area contributed by atoms with Crippen molar-refractivity contribution in [2.24, 2.45) is 0 Å². The van der Waals surface area contributed by atoms with Gasteiger partial charge >= 0.3 is 0 Å². The van der Waals surface area contributed by atoms with E-state index >= 15 is 0 Å². The molecule has 1 aliphatic rings. The Kier molecular flexibility index (Phi) is 6.32. The maximum absolute atomic E-state index is 13.0. The Labute approximate surface area is 187 Å². The van der Waals surface area contributed by atoms with Crippen molar-refractivity contribution in [1.29, 1.82) is 0 Å². The molecule has 0 radical (unpaired) electrons. The third kappa shape index (κ3) is 4.70. The van der Waals surface area contributed by atoms with Gasteiger partial charge in [0.05, 0.1) is 11.4 Å². The number of nitrogens with zero attached hydrogens (tertiary/aromatic N) is 1. The Morgan fingerprint density at radius 2 is 1.62 bits per heavy atom. The van der Waals surface area contributed by atoms with Crippen LogP contribution in [-0.4, -0.2) is 39.8 Å². The number of hydrogen-bond donors (Lipinski definition) is 1. The number of rotatable bonds is 7. The van der Waals surface area contributed by atoms with E-state index in [9.17, 15) is 13.2 Å². The largest absolute Gasteiger partial charge is 0.486 e. The van der Waals surface area contributed by atoms with E-state index in [1.165, 1.54) is 0 Å². The molecule has 7 nitrogen and oxygen atoms in total. The molecule has 0 bridgehead atoms. The topological polar surface area (TPSA) is 84.9 Å². The highest BCUT2D eigenvalue weighted by Crippen LogP contribution is 2.35. The van der Waals surface area contributed by atoms with E-state index in [1.807, 2.05) is 48.5 Å². The number of ether oxygens (including phenoxy) is 2. The van der Waals surface area contributed by atoms with Crippen LogP contribution in [0.25, 0.3) is 11.1 Å². The van der Waals surface area contributed by atoms with Crippen LogP contribution in [0, 0.1) is 0 Å². The zero-order valence-electron chi connectivity index (χ0n) is 17.7. The summed E-state index contributed by atoms with van der Waals surface area (Å²) >= 11 is 0. The molecule has 1 aliphatic heterocycles. The molecule has 8 heteroatoms. The van der Waals surface area contributed by atoms with Gasteiger partial charge in [-0.25, -0.2) is 8.42 Å². The molecule has 4 rings (SSSR count). The number of carbonyl (C=O) groups is 1. The monoisotopic (exact) mass is 452 g/mol. The van der Waals surface area contributed by atoms with E-state index in [0.717, 1.165) is 15.4 Å². The van der Waals surface area contributed by atoms with Gasteiger partial charge in [0, 0.05) is 17.3 Å². The third-order valence-electron chi connectivity index (χ3n) is 5.09. The first-order valence-corrected chi connectivity index (χ1v) is 11.9. The van der Waals surface area contributed by atoms with Crippen molar-refractivity contribution in [2.45, 2.75) is 6.92 Å². The Hall–Kier alpha value is -3.52. The van der Waals surface area contributed by atoms with Gasteiger partial charge in [-0.1, -0.05) is 48.5 Å². The maximum atomic E-state index is 13.0. The van der Waals surface area contributed by atoms with Gasteiger partial charge in [0.25, 0.3) is 0 Å². The molecule has 1 N–H and O–H groups in total. The fourth-order valence-corrected chi connectivity index (χ4v) is 4.54. The number of hydrogen-bond acceptors (Lipinski definition) is 5. The minimum atomic E-state index is -3.71. The summed E-state index contributed by atoms with van der Waals surface area (Å²) in [6.45, 7) is 2.00. The number of anilines is 2. The van der Waals surface area contributed by atoms with Crippen molar-refractivity contribution in [1.82, 2.24) is 0 Å². The second-order valence-electron chi connectivity index (χ2n) is 7.19. The highest BCUT2D eigenvalue weighted by atomic mass is 32.2. The van der Waals surface area contributed by atoms with Gasteiger partial charge in [-0.15, -0.1) is 0 Å². The molecule has 1 heterocycles. The predicted octanol–water partition coefficient (Wildman–Crippen LogP) is 3.92. The standard InChI is InChI=1S/C24H24N2O5S/c1-2-32(28,29)26(19-12-13-22-23(16-19)31-15-14-30-22)17-24(27)25-21-11-7-6-10-20(21)18-8-4-3-5-9-18/h3-13,16H,2,14-15,17H2,1H3,(H,25,27). The van der Waals surface area contributed by atoms with Crippen LogP contribution < -0.4 is 19.1 Å². The summed E-state index contributed by atoms with van der Waals surface area (Å²) in [5, 5.41) is 2.87. The van der Waals surface area contributed by atoms with Crippen LogP contribution in [0.3, 0.4) is 0 Å². The molecule has 0 aliphatic carbocycles. The molecule has 166 valence electrons. The molecule has 0 saturated heterocycles. The van der Waals surface area contributed by atoms with Gasteiger partial charge < -0.3 is 14.8 Å². The van der Waals surface area contributed by atoms with Crippen LogP contribution in [0.15, 0.2) is 72.8 Å². The maximum Gasteiger partial charge on any atom is 0.245 e. The molecule has 3 aromatic rings. The normalized spacial score (nSPS) is 12.8. The molecule has 1 amide bonds. The molecule has 0 unspecified atom stereocenters. The van der Waals surface area contributed by atoms with Crippen LogP contribution in [-0.2, 0) is 14.8 Å². The molecule has 32 heavy (non-hydrogen) atoms. The molecular weight excluding hydrogens is 428 g/mol. The first-order chi connectivity index (χ1) is 15.5. The van der Waals surface area contributed by atoms with Crippen molar-refractivity contribution in [3.63, 3.8) is 0 Å². The van der Waals surface area contributed by atoms with Crippen LogP contribution >= 0.6 is 0 Å². The van der Waals surface area contributed by atoms with Crippen LogP contribution in [0.2, 0.25) is 0 Å². The highest BCUT2D eigenvalue weighted by Gasteiger charge is 2.25. The average Bonchev–Trinajstić information content (AvgIpc) is 2.83. The van der Waals surface area contributed by atoms with Crippen molar-refractivity contribution < 1.29 is 22.7 Å². The van der Waals surface area contributed by atoms with Gasteiger partial charge in [0.2, 0.25) is 15.9 Å². The zero-order chi connectivity index (χ0) is 22.6. The lowest BCUT2D eigenvalue weighted by atomic mass is 10.0. The zero-order valence-corrected chi connectivity index (χ0v) is 18.5. The average molecular weight is 453 g/mol. The fourth-order valence-electron chi connectivity index (χ4n) is 3.47. The van der Waals surface area contributed by atoms with Gasteiger partial charge in [0.1, 0.15) is 19.8 Å². The molecular formula is C24H24N2O5S. The minimum absolute atomic E-state index is 0.144. The lowest BCUT2D eigenvalue weighted by Gasteiger charge is -2.26. The summed E-state index contributed by atoms with van der Waals surface area (Å²) in [7, 11) is -3.71. The summed E-state index contributed by atoms with van der Waals surface area (Å²) < 4.78 is 37.8. The van der Waals surface area contributed by atoms with Gasteiger partial charge in [-0.05, 0) is 30.7 Å². The van der Waals surface area contributed by atoms with Crippen LogP contribution in [0.1, 0.15) is 6.92 Å². The lowest BCUT2D eigenvalue weighted by Crippen LogP contribution is -2.39. The number of benzene rings is 3. The number of sulfonamides is 1. The van der Waals surface area contributed by atoms with Gasteiger partial charge in [-0.3, -0.25) is 9.10 Å². The molecule has 3 aromatic carbocycles.